The fourth-order valence-corrected chi connectivity index (χ4v) is 4.08. The quantitative estimate of drug-likeness (QED) is 0.646. The largest absolute Gasteiger partial charge is 0.275 e. The monoisotopic (exact) mass is 385 g/mol. The zero-order valence-corrected chi connectivity index (χ0v) is 15.6. The second-order valence-electron chi connectivity index (χ2n) is 7.19. The maximum atomic E-state index is 13.3. The zero-order valence-electron chi connectivity index (χ0n) is 15.6. The molecular weight excluding hydrogens is 366 g/mol. The number of rotatable bonds is 4. The summed E-state index contributed by atoms with van der Waals surface area (Å²) in [7, 11) is 0. The topological polar surface area (TPSA) is 62.7 Å². The lowest BCUT2D eigenvalue weighted by molar-refractivity contribution is -0.143. The molecule has 2 saturated heterocycles. The molecule has 6 heteroatoms. The van der Waals surface area contributed by atoms with E-state index in [0.717, 1.165) is 16.8 Å². The van der Waals surface area contributed by atoms with Crippen LogP contribution in [0.1, 0.15) is 17.2 Å². The van der Waals surface area contributed by atoms with Crippen molar-refractivity contribution >= 4 is 17.5 Å². The zero-order chi connectivity index (χ0) is 19.8. The average Bonchev–Trinajstić information content (AvgIpc) is 3.28. The van der Waals surface area contributed by atoms with Crippen LogP contribution in [0.5, 0.6) is 0 Å². The summed E-state index contributed by atoms with van der Waals surface area (Å²) in [5, 5.41) is 1.68. The number of anilines is 1. The molecule has 2 amide bonds. The molecule has 5 rings (SSSR count). The Bertz CT molecular complexity index is 1030. The van der Waals surface area contributed by atoms with Crippen molar-refractivity contribution < 1.29 is 14.4 Å². The molecule has 3 atom stereocenters. The van der Waals surface area contributed by atoms with Crippen LogP contribution in [0.25, 0.3) is 0 Å². The van der Waals surface area contributed by atoms with Gasteiger partial charge in [-0.2, -0.15) is 0 Å². The molecule has 3 aromatic rings. The standard InChI is InChI=1S/C23H19N3O3/c27-22-19-20(17-10-7-13-24-14-17)26(18-11-5-2-6-12-18)29-21(19)23(28)25(22)15-16-8-3-1-4-9-16/h1-14,19-21H,15H2/t19-,20-,21+/m0/s1. The molecule has 2 aliphatic heterocycles. The van der Waals surface area contributed by atoms with Gasteiger partial charge in [-0.1, -0.05) is 54.6 Å². The highest BCUT2D eigenvalue weighted by Gasteiger charge is 2.59. The highest BCUT2D eigenvalue weighted by molar-refractivity contribution is 6.07. The van der Waals surface area contributed by atoms with E-state index in [9.17, 15) is 9.59 Å². The molecule has 0 aliphatic carbocycles. The molecule has 2 fully saturated rings. The van der Waals surface area contributed by atoms with Gasteiger partial charge in [0.15, 0.2) is 6.10 Å². The van der Waals surface area contributed by atoms with E-state index in [2.05, 4.69) is 4.98 Å². The molecule has 144 valence electrons. The summed E-state index contributed by atoms with van der Waals surface area (Å²) in [4.78, 5) is 38.0. The van der Waals surface area contributed by atoms with Crippen LogP contribution in [-0.2, 0) is 21.0 Å². The van der Waals surface area contributed by atoms with Gasteiger partial charge < -0.3 is 0 Å². The number of imide groups is 1. The molecule has 2 aliphatic rings. The van der Waals surface area contributed by atoms with Gasteiger partial charge in [0.1, 0.15) is 5.92 Å². The van der Waals surface area contributed by atoms with Gasteiger partial charge in [0.2, 0.25) is 5.91 Å². The number of carbonyl (C=O) groups is 2. The van der Waals surface area contributed by atoms with E-state index in [4.69, 9.17) is 4.84 Å². The number of fused-ring (bicyclic) bond motifs is 1. The lowest BCUT2D eigenvalue weighted by Crippen LogP contribution is -2.36. The molecule has 0 bridgehead atoms. The highest BCUT2D eigenvalue weighted by Crippen LogP contribution is 2.46. The SMILES string of the molecule is O=C1[C@@H]2[C@@H](ON(c3ccccc3)[C@H]2c2cccnc2)C(=O)N1Cc1ccccc1. The number of aromatic nitrogens is 1. The Balaban J connectivity index is 1.52. The van der Waals surface area contributed by atoms with Crippen molar-refractivity contribution in [2.45, 2.75) is 18.7 Å². The highest BCUT2D eigenvalue weighted by atomic mass is 16.7. The molecule has 1 aromatic heterocycles. The second kappa shape index (κ2) is 7.14. The lowest BCUT2D eigenvalue weighted by atomic mass is 9.91. The predicted octanol–water partition coefficient (Wildman–Crippen LogP) is 3.13. The van der Waals surface area contributed by atoms with Crippen molar-refractivity contribution in [2.75, 3.05) is 5.06 Å². The number of hydrogen-bond acceptors (Lipinski definition) is 5. The van der Waals surface area contributed by atoms with Crippen molar-refractivity contribution in [1.29, 1.82) is 0 Å². The second-order valence-corrected chi connectivity index (χ2v) is 7.19. The number of benzene rings is 2. The Hall–Kier alpha value is -3.51. The number of carbonyl (C=O) groups excluding carboxylic acids is 2. The summed E-state index contributed by atoms with van der Waals surface area (Å²) >= 11 is 0. The predicted molar refractivity (Wildman–Crippen MR) is 106 cm³/mol. The first-order valence-corrected chi connectivity index (χ1v) is 9.54. The first-order chi connectivity index (χ1) is 14.2. The Morgan fingerprint density at radius 3 is 2.28 bits per heavy atom. The average molecular weight is 385 g/mol. The molecule has 0 spiro atoms. The Morgan fingerprint density at radius 1 is 0.862 bits per heavy atom. The van der Waals surface area contributed by atoms with Crippen LogP contribution in [0.3, 0.4) is 0 Å². The Kier molecular flexibility index (Phi) is 4.33. The van der Waals surface area contributed by atoms with Crippen molar-refractivity contribution in [3.8, 4) is 0 Å². The third-order valence-corrected chi connectivity index (χ3v) is 5.43. The van der Waals surface area contributed by atoms with E-state index in [1.165, 1.54) is 4.90 Å². The molecule has 3 heterocycles. The van der Waals surface area contributed by atoms with Gasteiger partial charge in [0.25, 0.3) is 5.91 Å². The molecule has 0 N–H and O–H groups in total. The fourth-order valence-electron chi connectivity index (χ4n) is 4.08. The molecule has 0 radical (unpaired) electrons. The number of nitrogens with zero attached hydrogens (tertiary/aromatic N) is 3. The van der Waals surface area contributed by atoms with Crippen LogP contribution in [0.4, 0.5) is 5.69 Å². The minimum atomic E-state index is -0.836. The normalized spacial score (nSPS) is 23.5. The number of hydrogen-bond donors (Lipinski definition) is 0. The first kappa shape index (κ1) is 17.6. The first-order valence-electron chi connectivity index (χ1n) is 9.54. The van der Waals surface area contributed by atoms with E-state index in [1.807, 2.05) is 72.8 Å². The fraction of sp³-hybridized carbons (Fsp3) is 0.174. The van der Waals surface area contributed by atoms with E-state index >= 15 is 0 Å². The number of likely N-dealkylation sites (tertiary alicyclic amines) is 1. The van der Waals surface area contributed by atoms with Crippen molar-refractivity contribution in [3.63, 3.8) is 0 Å². The van der Waals surface area contributed by atoms with E-state index in [1.54, 1.807) is 17.5 Å². The number of pyridine rings is 1. The van der Waals surface area contributed by atoms with Crippen LogP contribution in [0, 0.1) is 5.92 Å². The van der Waals surface area contributed by atoms with Crippen LogP contribution in [-0.4, -0.2) is 27.8 Å². The van der Waals surface area contributed by atoms with Crippen molar-refractivity contribution in [3.05, 3.63) is 96.3 Å². The van der Waals surface area contributed by atoms with Gasteiger partial charge >= 0.3 is 0 Å². The summed E-state index contributed by atoms with van der Waals surface area (Å²) in [6, 6.07) is 22.4. The molecule has 29 heavy (non-hydrogen) atoms. The van der Waals surface area contributed by atoms with Crippen LogP contribution in [0.2, 0.25) is 0 Å². The summed E-state index contributed by atoms with van der Waals surface area (Å²) in [6.07, 6.45) is 2.58. The van der Waals surface area contributed by atoms with Gasteiger partial charge in [-0.3, -0.25) is 24.3 Å². The maximum Gasteiger partial charge on any atom is 0.262 e. The lowest BCUT2D eigenvalue weighted by Gasteiger charge is -2.28. The van der Waals surface area contributed by atoms with Crippen molar-refractivity contribution in [2.24, 2.45) is 5.92 Å². The van der Waals surface area contributed by atoms with E-state index in [-0.39, 0.29) is 18.4 Å². The maximum absolute atomic E-state index is 13.3. The summed E-state index contributed by atoms with van der Waals surface area (Å²) in [5.41, 5.74) is 2.55. The van der Waals surface area contributed by atoms with E-state index in [0.29, 0.717) is 0 Å². The molecule has 0 saturated carbocycles. The number of amides is 2. The van der Waals surface area contributed by atoms with Gasteiger partial charge in [-0.05, 0) is 29.3 Å². The molecule has 2 aromatic carbocycles. The summed E-state index contributed by atoms with van der Waals surface area (Å²) in [6.45, 7) is 0.250. The van der Waals surface area contributed by atoms with Gasteiger partial charge in [0, 0.05) is 12.4 Å². The minimum Gasteiger partial charge on any atom is -0.275 e. The van der Waals surface area contributed by atoms with Crippen LogP contribution in [0.15, 0.2) is 85.2 Å². The van der Waals surface area contributed by atoms with Gasteiger partial charge in [-0.15, -0.1) is 0 Å². The third-order valence-electron chi connectivity index (χ3n) is 5.43. The molecule has 0 unspecified atom stereocenters. The third kappa shape index (κ3) is 2.98. The van der Waals surface area contributed by atoms with Gasteiger partial charge in [0.05, 0.1) is 18.3 Å². The minimum absolute atomic E-state index is 0.212. The van der Waals surface area contributed by atoms with Crippen LogP contribution < -0.4 is 5.06 Å². The van der Waals surface area contributed by atoms with Crippen LogP contribution >= 0.6 is 0 Å². The molecule has 6 nitrogen and oxygen atoms in total. The summed E-state index contributed by atoms with van der Waals surface area (Å²) in [5.74, 6) is -1.12. The number of para-hydroxylation sites is 1. The smallest absolute Gasteiger partial charge is 0.262 e. The van der Waals surface area contributed by atoms with Crippen molar-refractivity contribution in [1.82, 2.24) is 9.88 Å². The summed E-state index contributed by atoms with van der Waals surface area (Å²) < 4.78 is 0. The Morgan fingerprint density at radius 2 is 1.59 bits per heavy atom. The molecular formula is C23H19N3O3. The van der Waals surface area contributed by atoms with Gasteiger partial charge in [-0.25, -0.2) is 5.06 Å². The Labute approximate surface area is 168 Å². The van der Waals surface area contributed by atoms with E-state index < -0.39 is 18.1 Å². The number of hydroxylamine groups is 1.